The number of pyridine rings is 1. The van der Waals surface area contributed by atoms with Crippen LogP contribution in [0.1, 0.15) is 37.9 Å². The molecule has 2 heterocycles. The number of nitrogens with zero attached hydrogens (tertiary/aromatic N) is 1. The molecule has 0 spiro atoms. The molecular formula is C14H21NO3. The third kappa shape index (κ3) is 3.68. The van der Waals surface area contributed by atoms with Crippen LogP contribution in [0.15, 0.2) is 18.5 Å². The first kappa shape index (κ1) is 13.3. The quantitative estimate of drug-likeness (QED) is 0.843. The lowest BCUT2D eigenvalue weighted by Crippen LogP contribution is -2.08. The molecule has 2 rings (SSSR count). The lowest BCUT2D eigenvalue weighted by molar-refractivity contribution is 0.129. The summed E-state index contributed by atoms with van der Waals surface area (Å²) in [7, 11) is 0. The van der Waals surface area contributed by atoms with E-state index in [9.17, 15) is 5.11 Å². The van der Waals surface area contributed by atoms with Crippen LogP contribution >= 0.6 is 0 Å². The van der Waals surface area contributed by atoms with Gasteiger partial charge in [0.05, 0.1) is 18.9 Å². The minimum Gasteiger partial charge on any atom is -0.492 e. The van der Waals surface area contributed by atoms with Gasteiger partial charge in [0.15, 0.2) is 0 Å². The van der Waals surface area contributed by atoms with Crippen molar-refractivity contribution in [3.8, 4) is 5.75 Å². The first-order chi connectivity index (χ1) is 8.79. The summed E-state index contributed by atoms with van der Waals surface area (Å²) in [4.78, 5) is 4.12. The molecule has 0 aliphatic carbocycles. The van der Waals surface area contributed by atoms with Crippen LogP contribution in [0.5, 0.6) is 5.75 Å². The van der Waals surface area contributed by atoms with Crippen LogP contribution in [0.25, 0.3) is 0 Å². The van der Waals surface area contributed by atoms with Crippen molar-refractivity contribution >= 4 is 0 Å². The smallest absolute Gasteiger partial charge is 0.137 e. The molecule has 2 unspecified atom stereocenters. The number of aliphatic hydroxyl groups excluding tert-OH is 1. The Morgan fingerprint density at radius 1 is 1.56 bits per heavy atom. The number of ether oxygens (including phenoxy) is 2. The maximum Gasteiger partial charge on any atom is 0.137 e. The van der Waals surface area contributed by atoms with Crippen molar-refractivity contribution in [2.75, 3.05) is 19.8 Å². The lowest BCUT2D eigenvalue weighted by Gasteiger charge is -2.15. The Balaban J connectivity index is 1.93. The molecule has 1 N–H and O–H groups in total. The van der Waals surface area contributed by atoms with Crippen LogP contribution in [0.4, 0.5) is 0 Å². The molecule has 1 aromatic rings. The fraction of sp³-hybridized carbons (Fsp3) is 0.643. The summed E-state index contributed by atoms with van der Waals surface area (Å²) in [6, 6.07) is 1.88. The van der Waals surface area contributed by atoms with Crippen LogP contribution in [-0.2, 0) is 4.74 Å². The van der Waals surface area contributed by atoms with Gasteiger partial charge >= 0.3 is 0 Å². The van der Waals surface area contributed by atoms with E-state index in [0.29, 0.717) is 12.5 Å². The van der Waals surface area contributed by atoms with Gasteiger partial charge in [-0.05, 0) is 31.2 Å². The minimum atomic E-state index is -0.477. The van der Waals surface area contributed by atoms with E-state index in [1.54, 1.807) is 12.4 Å². The van der Waals surface area contributed by atoms with Crippen molar-refractivity contribution in [1.82, 2.24) is 4.98 Å². The highest BCUT2D eigenvalue weighted by molar-refractivity contribution is 5.25. The third-order valence-electron chi connectivity index (χ3n) is 3.17. The van der Waals surface area contributed by atoms with Gasteiger partial charge in [-0.25, -0.2) is 0 Å². The summed E-state index contributed by atoms with van der Waals surface area (Å²) in [6.45, 7) is 4.32. The maximum absolute atomic E-state index is 10.2. The number of aromatic nitrogens is 1. The molecule has 4 heteroatoms. The zero-order valence-corrected chi connectivity index (χ0v) is 10.8. The molecule has 0 radical (unpaired) electrons. The highest BCUT2D eigenvalue weighted by Gasteiger charge is 2.20. The van der Waals surface area contributed by atoms with Crippen LogP contribution in [-0.4, -0.2) is 29.9 Å². The number of hydrogen-bond donors (Lipinski definition) is 1. The van der Waals surface area contributed by atoms with Crippen molar-refractivity contribution in [1.29, 1.82) is 0 Å². The van der Waals surface area contributed by atoms with Gasteiger partial charge in [-0.15, -0.1) is 0 Å². The van der Waals surface area contributed by atoms with Gasteiger partial charge in [0.2, 0.25) is 0 Å². The fourth-order valence-electron chi connectivity index (χ4n) is 2.14. The Kier molecular flexibility index (Phi) is 4.96. The molecule has 0 saturated carbocycles. The maximum atomic E-state index is 10.2. The Bertz CT molecular complexity index is 364. The first-order valence-corrected chi connectivity index (χ1v) is 6.63. The highest BCUT2D eigenvalue weighted by Crippen LogP contribution is 2.27. The van der Waals surface area contributed by atoms with Gasteiger partial charge in [0.1, 0.15) is 5.75 Å². The molecule has 1 aromatic heterocycles. The number of hydrogen-bond acceptors (Lipinski definition) is 4. The van der Waals surface area contributed by atoms with E-state index in [2.05, 4.69) is 11.9 Å². The molecule has 1 aliphatic heterocycles. The summed E-state index contributed by atoms with van der Waals surface area (Å²) in [5.74, 6) is 1.19. The average Bonchev–Trinajstić information content (AvgIpc) is 2.89. The Hall–Kier alpha value is -1.13. The molecule has 1 aliphatic rings. The van der Waals surface area contributed by atoms with Crippen LogP contribution in [0, 0.1) is 5.92 Å². The predicted molar refractivity (Wildman–Crippen MR) is 68.5 cm³/mol. The van der Waals surface area contributed by atoms with E-state index in [1.807, 2.05) is 6.07 Å². The summed E-state index contributed by atoms with van der Waals surface area (Å²) < 4.78 is 10.8. The van der Waals surface area contributed by atoms with Gasteiger partial charge in [0, 0.05) is 25.0 Å². The summed E-state index contributed by atoms with van der Waals surface area (Å²) in [5, 5.41) is 10.2. The molecule has 4 nitrogen and oxygen atoms in total. The van der Waals surface area contributed by atoms with Gasteiger partial charge in [0.25, 0.3) is 0 Å². The van der Waals surface area contributed by atoms with Gasteiger partial charge in [-0.3, -0.25) is 4.98 Å². The molecule has 0 bridgehead atoms. The Morgan fingerprint density at radius 2 is 2.44 bits per heavy atom. The monoisotopic (exact) mass is 251 g/mol. The number of aliphatic hydroxyl groups is 1. The van der Waals surface area contributed by atoms with E-state index in [1.165, 1.54) is 0 Å². The van der Waals surface area contributed by atoms with E-state index >= 15 is 0 Å². The summed E-state index contributed by atoms with van der Waals surface area (Å²) in [5.41, 5.74) is 0.829. The van der Waals surface area contributed by atoms with E-state index < -0.39 is 6.10 Å². The minimum absolute atomic E-state index is 0.459. The number of rotatable bonds is 6. The zero-order chi connectivity index (χ0) is 12.8. The van der Waals surface area contributed by atoms with E-state index in [-0.39, 0.29) is 0 Å². The Morgan fingerprint density at radius 3 is 3.17 bits per heavy atom. The third-order valence-corrected chi connectivity index (χ3v) is 3.17. The molecule has 0 amide bonds. The molecule has 2 atom stereocenters. The molecule has 1 saturated heterocycles. The second-order valence-electron chi connectivity index (χ2n) is 4.78. The second-order valence-corrected chi connectivity index (χ2v) is 4.78. The van der Waals surface area contributed by atoms with Crippen LogP contribution in [0.2, 0.25) is 0 Å². The van der Waals surface area contributed by atoms with Crippen molar-refractivity contribution in [2.24, 2.45) is 5.92 Å². The molecule has 0 aromatic carbocycles. The van der Waals surface area contributed by atoms with Crippen LogP contribution < -0.4 is 4.74 Å². The normalized spacial score (nSPS) is 20.9. The molecule has 100 valence electrons. The van der Waals surface area contributed by atoms with Crippen molar-refractivity contribution < 1.29 is 14.6 Å². The van der Waals surface area contributed by atoms with E-state index in [4.69, 9.17) is 9.47 Å². The zero-order valence-electron chi connectivity index (χ0n) is 10.8. The van der Waals surface area contributed by atoms with Gasteiger partial charge < -0.3 is 14.6 Å². The van der Waals surface area contributed by atoms with Gasteiger partial charge in [-0.1, -0.05) is 6.92 Å². The van der Waals surface area contributed by atoms with Gasteiger partial charge in [-0.2, -0.15) is 0 Å². The predicted octanol–water partition coefficient (Wildman–Crippen LogP) is 2.33. The average molecular weight is 251 g/mol. The SMILES string of the molecule is CCCOc1cncc(C(O)CC2CCOC2)c1. The van der Waals surface area contributed by atoms with Crippen molar-refractivity contribution in [3.63, 3.8) is 0 Å². The first-order valence-electron chi connectivity index (χ1n) is 6.63. The largest absolute Gasteiger partial charge is 0.492 e. The van der Waals surface area contributed by atoms with E-state index in [0.717, 1.165) is 43.8 Å². The second kappa shape index (κ2) is 6.71. The van der Waals surface area contributed by atoms with Crippen LogP contribution in [0.3, 0.4) is 0 Å². The molecular weight excluding hydrogens is 230 g/mol. The summed E-state index contributed by atoms with van der Waals surface area (Å²) in [6.07, 6.45) is 5.65. The molecule has 1 fully saturated rings. The fourth-order valence-corrected chi connectivity index (χ4v) is 2.14. The lowest BCUT2D eigenvalue weighted by atomic mass is 9.97. The topological polar surface area (TPSA) is 51.6 Å². The Labute approximate surface area is 108 Å². The van der Waals surface area contributed by atoms with Crippen molar-refractivity contribution in [2.45, 2.75) is 32.3 Å². The summed E-state index contributed by atoms with van der Waals surface area (Å²) >= 11 is 0. The molecule has 18 heavy (non-hydrogen) atoms. The van der Waals surface area contributed by atoms with Crippen molar-refractivity contribution in [3.05, 3.63) is 24.0 Å². The highest BCUT2D eigenvalue weighted by atomic mass is 16.5. The standard InChI is InChI=1S/C14H21NO3/c1-2-4-18-13-7-12(8-15-9-13)14(16)6-11-3-5-17-10-11/h7-9,11,14,16H,2-6,10H2,1H3.